The van der Waals surface area contributed by atoms with E-state index in [0.29, 0.717) is 12.8 Å². The Morgan fingerprint density at radius 3 is 2.15 bits per heavy atom. The third-order valence-corrected chi connectivity index (χ3v) is 3.66. The Bertz CT molecular complexity index is 237. The van der Waals surface area contributed by atoms with Crippen LogP contribution in [0.5, 0.6) is 0 Å². The summed E-state index contributed by atoms with van der Waals surface area (Å²) in [6.45, 7) is 1.58. The number of rotatable bonds is 1. The van der Waals surface area contributed by atoms with Gasteiger partial charge in [0, 0.05) is 18.8 Å². The quantitative estimate of drug-likeness (QED) is 0.618. The van der Waals surface area contributed by atoms with E-state index in [9.17, 15) is 13.6 Å². The molecule has 1 unspecified atom stereocenters. The molecule has 2 aliphatic rings. The molecule has 0 aromatic rings. The van der Waals surface area contributed by atoms with Crippen LogP contribution >= 0.6 is 0 Å². The lowest BCUT2D eigenvalue weighted by atomic mass is 9.82. The summed E-state index contributed by atoms with van der Waals surface area (Å²) in [7, 11) is 0. The van der Waals surface area contributed by atoms with Crippen LogP contribution in [0, 0.1) is 11.3 Å². The molecule has 0 bridgehead atoms. The Morgan fingerprint density at radius 2 is 1.77 bits per heavy atom. The van der Waals surface area contributed by atoms with Crippen molar-refractivity contribution in [2.75, 3.05) is 0 Å². The summed E-state index contributed by atoms with van der Waals surface area (Å²) in [5.74, 6) is -2.18. The zero-order chi connectivity index (χ0) is 9.69. The molecule has 1 nitrogen and oxygen atoms in total. The molecule has 2 fully saturated rings. The lowest BCUT2D eigenvalue weighted by molar-refractivity contribution is -0.120. The predicted molar refractivity (Wildman–Crippen MR) is 44.6 cm³/mol. The molecule has 2 aliphatic carbocycles. The van der Waals surface area contributed by atoms with Crippen LogP contribution in [-0.4, -0.2) is 11.7 Å². The molecule has 0 amide bonds. The van der Waals surface area contributed by atoms with Crippen LogP contribution in [0.1, 0.15) is 39.0 Å². The van der Waals surface area contributed by atoms with E-state index < -0.39 is 5.92 Å². The molecule has 13 heavy (non-hydrogen) atoms. The number of alkyl halides is 2. The molecule has 1 spiro atoms. The number of Topliss-reactive ketones (excluding diaryl/α,β-unsaturated/α-hetero) is 1. The smallest absolute Gasteiger partial charge is 0.248 e. The van der Waals surface area contributed by atoms with E-state index in [1.54, 1.807) is 6.92 Å². The highest BCUT2D eigenvalue weighted by molar-refractivity contribution is 5.82. The van der Waals surface area contributed by atoms with E-state index >= 15 is 0 Å². The fourth-order valence-corrected chi connectivity index (χ4v) is 2.59. The molecule has 2 saturated carbocycles. The van der Waals surface area contributed by atoms with Gasteiger partial charge in [0.05, 0.1) is 0 Å². The molecule has 0 aromatic heterocycles. The van der Waals surface area contributed by atoms with Gasteiger partial charge < -0.3 is 0 Å². The number of hydrogen-bond acceptors (Lipinski definition) is 1. The molecule has 3 heteroatoms. The molecule has 0 N–H and O–H groups in total. The largest absolute Gasteiger partial charge is 0.300 e. The Labute approximate surface area is 76.5 Å². The standard InChI is InChI=1S/C10H14F2O/c1-7(13)8-6-9(8)2-4-10(11,12)5-3-9/h8H,2-6H2,1H3. The first-order valence-corrected chi connectivity index (χ1v) is 4.84. The van der Waals surface area contributed by atoms with Gasteiger partial charge in [-0.3, -0.25) is 4.79 Å². The number of hydrogen-bond donors (Lipinski definition) is 0. The minimum absolute atomic E-state index is 0.00644. The van der Waals surface area contributed by atoms with Crippen molar-refractivity contribution in [1.29, 1.82) is 0 Å². The summed E-state index contributed by atoms with van der Waals surface area (Å²) in [6, 6.07) is 0. The van der Waals surface area contributed by atoms with Crippen molar-refractivity contribution in [2.45, 2.75) is 45.0 Å². The third-order valence-electron chi connectivity index (χ3n) is 3.66. The molecule has 2 rings (SSSR count). The molecule has 1 atom stereocenters. The van der Waals surface area contributed by atoms with Gasteiger partial charge in [0.25, 0.3) is 0 Å². The normalized spacial score (nSPS) is 34.5. The van der Waals surface area contributed by atoms with E-state index in [1.807, 2.05) is 0 Å². The monoisotopic (exact) mass is 188 g/mol. The highest BCUT2D eigenvalue weighted by Crippen LogP contribution is 2.63. The molecule has 0 heterocycles. The van der Waals surface area contributed by atoms with Gasteiger partial charge >= 0.3 is 0 Å². The van der Waals surface area contributed by atoms with E-state index in [0.717, 1.165) is 6.42 Å². The summed E-state index contributed by atoms with van der Waals surface area (Å²) in [5.41, 5.74) is -0.00644. The van der Waals surface area contributed by atoms with Crippen LogP contribution in [0.2, 0.25) is 0 Å². The fraction of sp³-hybridized carbons (Fsp3) is 0.900. The third kappa shape index (κ3) is 1.49. The van der Waals surface area contributed by atoms with E-state index in [1.165, 1.54) is 0 Å². The summed E-state index contributed by atoms with van der Waals surface area (Å²) < 4.78 is 25.6. The average Bonchev–Trinajstić information content (AvgIpc) is 2.72. The maximum Gasteiger partial charge on any atom is 0.248 e. The first-order valence-electron chi connectivity index (χ1n) is 4.84. The average molecular weight is 188 g/mol. The minimum atomic E-state index is -2.46. The predicted octanol–water partition coefficient (Wildman–Crippen LogP) is 2.79. The SMILES string of the molecule is CC(=O)C1CC12CCC(F)(F)CC2. The lowest BCUT2D eigenvalue weighted by Crippen LogP contribution is -2.27. The van der Waals surface area contributed by atoms with E-state index in [2.05, 4.69) is 0 Å². The van der Waals surface area contributed by atoms with Gasteiger partial charge in [-0.15, -0.1) is 0 Å². The van der Waals surface area contributed by atoms with Gasteiger partial charge in [-0.1, -0.05) is 0 Å². The van der Waals surface area contributed by atoms with Gasteiger partial charge in [0.1, 0.15) is 5.78 Å². The number of carbonyl (C=O) groups is 1. The van der Waals surface area contributed by atoms with Crippen LogP contribution in [0.4, 0.5) is 8.78 Å². The zero-order valence-corrected chi connectivity index (χ0v) is 7.78. The van der Waals surface area contributed by atoms with Crippen LogP contribution in [0.15, 0.2) is 0 Å². The van der Waals surface area contributed by atoms with Gasteiger partial charge in [0.2, 0.25) is 5.92 Å². The number of ketones is 1. The fourth-order valence-electron chi connectivity index (χ4n) is 2.59. The Morgan fingerprint density at radius 1 is 1.23 bits per heavy atom. The topological polar surface area (TPSA) is 17.1 Å². The Kier molecular flexibility index (Phi) is 1.76. The van der Waals surface area contributed by atoms with Crippen molar-refractivity contribution in [3.05, 3.63) is 0 Å². The highest BCUT2D eigenvalue weighted by atomic mass is 19.3. The van der Waals surface area contributed by atoms with Gasteiger partial charge in [0.15, 0.2) is 0 Å². The zero-order valence-electron chi connectivity index (χ0n) is 7.78. The molecule has 0 saturated heterocycles. The van der Waals surface area contributed by atoms with Gasteiger partial charge in [-0.25, -0.2) is 8.78 Å². The first-order chi connectivity index (χ1) is 5.95. The molecule has 0 aliphatic heterocycles. The second kappa shape index (κ2) is 2.52. The van der Waals surface area contributed by atoms with Crippen LogP contribution in [0.3, 0.4) is 0 Å². The maximum absolute atomic E-state index is 12.8. The van der Waals surface area contributed by atoms with Crippen molar-refractivity contribution >= 4 is 5.78 Å². The summed E-state index contributed by atoms with van der Waals surface area (Å²) in [5, 5.41) is 0. The minimum Gasteiger partial charge on any atom is -0.300 e. The summed E-state index contributed by atoms with van der Waals surface area (Å²) >= 11 is 0. The van der Waals surface area contributed by atoms with Crippen LogP contribution in [-0.2, 0) is 4.79 Å². The highest BCUT2D eigenvalue weighted by Gasteiger charge is 2.59. The van der Waals surface area contributed by atoms with E-state index in [-0.39, 0.29) is 30.0 Å². The summed E-state index contributed by atoms with van der Waals surface area (Å²) in [6.07, 6.45) is 1.92. The van der Waals surface area contributed by atoms with Crippen molar-refractivity contribution in [3.63, 3.8) is 0 Å². The second-order valence-corrected chi connectivity index (χ2v) is 4.59. The number of carbonyl (C=O) groups excluding carboxylic acids is 1. The van der Waals surface area contributed by atoms with Gasteiger partial charge in [-0.05, 0) is 31.6 Å². The van der Waals surface area contributed by atoms with Crippen LogP contribution in [0.25, 0.3) is 0 Å². The maximum atomic E-state index is 12.8. The number of halogens is 2. The molecule has 0 aromatic carbocycles. The van der Waals surface area contributed by atoms with Crippen molar-refractivity contribution in [1.82, 2.24) is 0 Å². The molecular weight excluding hydrogens is 174 g/mol. The molecule has 74 valence electrons. The molecule has 0 radical (unpaired) electrons. The summed E-state index contributed by atoms with van der Waals surface area (Å²) in [4.78, 5) is 11.1. The Balaban J connectivity index is 1.97. The van der Waals surface area contributed by atoms with Crippen LogP contribution < -0.4 is 0 Å². The van der Waals surface area contributed by atoms with Gasteiger partial charge in [-0.2, -0.15) is 0 Å². The van der Waals surface area contributed by atoms with Crippen molar-refractivity contribution in [2.24, 2.45) is 11.3 Å². The molecular formula is C10H14F2O. The lowest BCUT2D eigenvalue weighted by Gasteiger charge is -2.28. The van der Waals surface area contributed by atoms with Crippen molar-refractivity contribution < 1.29 is 13.6 Å². The first kappa shape index (κ1) is 9.10. The van der Waals surface area contributed by atoms with E-state index in [4.69, 9.17) is 0 Å². The Hall–Kier alpha value is -0.470. The second-order valence-electron chi connectivity index (χ2n) is 4.59. The van der Waals surface area contributed by atoms with Crippen molar-refractivity contribution in [3.8, 4) is 0 Å².